The third-order valence-corrected chi connectivity index (χ3v) is 8.27. The van der Waals surface area contributed by atoms with E-state index in [1.54, 1.807) is 25.4 Å². The van der Waals surface area contributed by atoms with E-state index in [0.717, 1.165) is 59.6 Å². The van der Waals surface area contributed by atoms with Crippen LogP contribution in [0.2, 0.25) is 0 Å². The second kappa shape index (κ2) is 12.0. The van der Waals surface area contributed by atoms with Crippen LogP contribution in [-0.2, 0) is 12.7 Å². The van der Waals surface area contributed by atoms with Crippen LogP contribution in [0.5, 0.6) is 0 Å². The second-order valence-electron chi connectivity index (χ2n) is 11.1. The predicted molar refractivity (Wildman–Crippen MR) is 165 cm³/mol. The number of nitrogens with zero attached hydrogens (tertiary/aromatic N) is 7. The predicted octanol–water partition coefficient (Wildman–Crippen LogP) is 4.40. The average Bonchev–Trinajstić information content (AvgIpc) is 3.52. The summed E-state index contributed by atoms with van der Waals surface area (Å²) in [4.78, 5) is 37.4. The van der Waals surface area contributed by atoms with Gasteiger partial charge >= 0.3 is 6.18 Å². The lowest BCUT2D eigenvalue weighted by Gasteiger charge is -2.34. The number of anilines is 3. The van der Waals surface area contributed by atoms with Crippen molar-refractivity contribution < 1.29 is 18.0 Å². The fourth-order valence-corrected chi connectivity index (χ4v) is 5.81. The summed E-state index contributed by atoms with van der Waals surface area (Å²) in [7, 11) is 1.76. The maximum absolute atomic E-state index is 14.1. The van der Waals surface area contributed by atoms with Gasteiger partial charge in [-0.25, -0.2) is 4.98 Å². The van der Waals surface area contributed by atoms with Gasteiger partial charge in [0.2, 0.25) is 5.95 Å². The topological polar surface area (TPSA) is 102 Å². The molecule has 1 saturated heterocycles. The van der Waals surface area contributed by atoms with Crippen LogP contribution in [0.15, 0.2) is 41.7 Å². The van der Waals surface area contributed by atoms with Gasteiger partial charge in [0.15, 0.2) is 0 Å². The summed E-state index contributed by atoms with van der Waals surface area (Å²) >= 11 is 0. The van der Waals surface area contributed by atoms with Gasteiger partial charge in [0.05, 0.1) is 12.1 Å². The first-order valence-electron chi connectivity index (χ1n) is 14.7. The smallest absolute Gasteiger partial charge is 0.357 e. The maximum atomic E-state index is 14.1. The number of aliphatic imine (C=N–C) groups is 1. The molecule has 0 radical (unpaired) electrons. The van der Waals surface area contributed by atoms with Crippen molar-refractivity contribution in [3.05, 3.63) is 70.2 Å². The first-order valence-corrected chi connectivity index (χ1v) is 14.7. The molecule has 3 aromatic rings. The van der Waals surface area contributed by atoms with E-state index in [1.807, 2.05) is 28.9 Å². The zero-order valence-corrected chi connectivity index (χ0v) is 24.9. The molecule has 0 atom stereocenters. The Morgan fingerprint density at radius 2 is 1.80 bits per heavy atom. The first kappa shape index (κ1) is 29.7. The molecule has 0 saturated carbocycles. The first-order chi connectivity index (χ1) is 21.1. The van der Waals surface area contributed by atoms with Gasteiger partial charge < -0.3 is 20.4 Å². The number of aryl methyl sites for hydroxylation is 1. The Morgan fingerprint density at radius 3 is 2.52 bits per heavy atom. The minimum absolute atomic E-state index is 0.0637. The van der Waals surface area contributed by atoms with Gasteiger partial charge in [0.25, 0.3) is 5.91 Å². The molecule has 10 nitrogen and oxygen atoms in total. The van der Waals surface area contributed by atoms with Crippen LogP contribution >= 0.6 is 0 Å². The number of rotatable bonds is 7. The molecule has 0 aliphatic carbocycles. The highest BCUT2D eigenvalue weighted by Crippen LogP contribution is 2.37. The standard InChI is InChI=1S/C31H34F3N9O/c1-4-41-9-11-42(12-10-41)18-21-17-37-26(15-25(21)31(32,33)34)29(44)39-22-6-5-19(2)23(14-22)24-13-20-16-38-30(35-3)40-27(20)43-8-7-36-28(24)43/h5-6,13-17H,4,7-12,18H2,1-3H3,(H,39,44)(H,35,38,40). The van der Waals surface area contributed by atoms with E-state index >= 15 is 0 Å². The summed E-state index contributed by atoms with van der Waals surface area (Å²) in [6.45, 7) is 9.33. The molecule has 5 heterocycles. The van der Waals surface area contributed by atoms with E-state index in [4.69, 9.17) is 4.99 Å². The summed E-state index contributed by atoms with van der Waals surface area (Å²) in [5.41, 5.74) is 2.83. The van der Waals surface area contributed by atoms with Crippen LogP contribution in [0.25, 0.3) is 11.6 Å². The Morgan fingerprint density at radius 1 is 1.02 bits per heavy atom. The average molecular weight is 606 g/mol. The fourth-order valence-electron chi connectivity index (χ4n) is 5.81. The van der Waals surface area contributed by atoms with Crippen LogP contribution in [-0.4, -0.2) is 89.4 Å². The Kier molecular flexibility index (Phi) is 8.08. The van der Waals surface area contributed by atoms with E-state index in [-0.39, 0.29) is 17.8 Å². The van der Waals surface area contributed by atoms with Crippen molar-refractivity contribution in [3.63, 3.8) is 0 Å². The highest BCUT2D eigenvalue weighted by molar-refractivity contribution is 6.36. The van der Waals surface area contributed by atoms with Gasteiger partial charge in [-0.2, -0.15) is 18.2 Å². The number of amides is 1. The van der Waals surface area contributed by atoms with Crippen molar-refractivity contribution >= 4 is 40.8 Å². The molecule has 0 spiro atoms. The molecule has 1 amide bonds. The molecule has 44 heavy (non-hydrogen) atoms. The Hall–Kier alpha value is -4.36. The van der Waals surface area contributed by atoms with Crippen LogP contribution < -0.4 is 15.5 Å². The molecule has 2 aromatic heterocycles. The van der Waals surface area contributed by atoms with E-state index in [2.05, 4.69) is 37.4 Å². The molecular weight excluding hydrogens is 571 g/mol. The normalized spacial score (nSPS) is 17.1. The molecule has 0 unspecified atom stereocenters. The van der Waals surface area contributed by atoms with Gasteiger partial charge in [-0.05, 0) is 54.4 Å². The van der Waals surface area contributed by atoms with Gasteiger partial charge in [-0.1, -0.05) is 13.0 Å². The lowest BCUT2D eigenvalue weighted by atomic mass is 9.94. The lowest BCUT2D eigenvalue weighted by Crippen LogP contribution is -2.45. The fraction of sp³-hybridized carbons (Fsp3) is 0.387. The highest BCUT2D eigenvalue weighted by Gasteiger charge is 2.35. The third kappa shape index (κ3) is 5.89. The highest BCUT2D eigenvalue weighted by atomic mass is 19.4. The number of benzene rings is 1. The summed E-state index contributed by atoms with van der Waals surface area (Å²) < 4.78 is 42.4. The van der Waals surface area contributed by atoms with Gasteiger partial charge in [-0.15, -0.1) is 0 Å². The minimum atomic E-state index is -4.62. The molecule has 230 valence electrons. The van der Waals surface area contributed by atoms with Crippen molar-refractivity contribution in [2.24, 2.45) is 4.99 Å². The van der Waals surface area contributed by atoms with Crippen LogP contribution in [0.4, 0.5) is 30.6 Å². The number of aromatic nitrogens is 3. The number of halogens is 3. The quantitative estimate of drug-likeness (QED) is 0.409. The number of fused-ring (bicyclic) bond motifs is 3. The van der Waals surface area contributed by atoms with E-state index in [0.29, 0.717) is 37.8 Å². The van der Waals surface area contributed by atoms with E-state index in [1.165, 1.54) is 6.20 Å². The Bertz CT molecular complexity index is 1640. The zero-order chi connectivity index (χ0) is 31.0. The zero-order valence-electron chi connectivity index (χ0n) is 24.9. The van der Waals surface area contributed by atoms with Crippen molar-refractivity contribution in [1.82, 2.24) is 24.8 Å². The number of nitrogens with one attached hydrogen (secondary N) is 2. The van der Waals surface area contributed by atoms with Crippen LogP contribution in [0.1, 0.15) is 45.2 Å². The van der Waals surface area contributed by atoms with Gasteiger partial charge in [-0.3, -0.25) is 19.7 Å². The summed E-state index contributed by atoms with van der Waals surface area (Å²) in [6, 6.07) is 6.24. The summed E-state index contributed by atoms with van der Waals surface area (Å²) in [5, 5.41) is 5.71. The van der Waals surface area contributed by atoms with Crippen molar-refractivity contribution in [2.45, 2.75) is 26.6 Å². The number of hydrogen-bond donors (Lipinski definition) is 2. The molecule has 13 heteroatoms. The lowest BCUT2D eigenvalue weighted by molar-refractivity contribution is -0.138. The van der Waals surface area contributed by atoms with Crippen molar-refractivity contribution in [1.29, 1.82) is 0 Å². The Labute approximate surface area is 253 Å². The number of hydrogen-bond acceptors (Lipinski definition) is 9. The van der Waals surface area contributed by atoms with Crippen molar-refractivity contribution in [3.8, 4) is 0 Å². The minimum Gasteiger partial charge on any atom is -0.357 e. The molecule has 1 fully saturated rings. The number of alkyl halides is 3. The molecule has 3 aliphatic heterocycles. The number of carbonyl (C=O) groups excluding carboxylic acids is 1. The number of carbonyl (C=O) groups is 1. The summed E-state index contributed by atoms with van der Waals surface area (Å²) in [6.07, 6.45) is 0.290. The largest absolute Gasteiger partial charge is 0.416 e. The van der Waals surface area contributed by atoms with E-state index in [9.17, 15) is 18.0 Å². The maximum Gasteiger partial charge on any atom is 0.416 e. The van der Waals surface area contributed by atoms with E-state index < -0.39 is 17.6 Å². The van der Waals surface area contributed by atoms with Crippen LogP contribution in [0.3, 0.4) is 0 Å². The molecule has 2 N–H and O–H groups in total. The molecular formula is C31H34F3N9O. The third-order valence-electron chi connectivity index (χ3n) is 8.27. The number of pyridine rings is 1. The van der Waals surface area contributed by atoms with Crippen molar-refractivity contribution in [2.75, 3.05) is 68.4 Å². The summed E-state index contributed by atoms with van der Waals surface area (Å²) in [5.74, 6) is 1.33. The molecule has 6 rings (SSSR count). The SMILES string of the molecule is CCN1CCN(Cc2cnc(C(=O)Nc3ccc(C)c(C4=Cc5cnc(NC)nc5N5CCN=C45)c3)cc2C(F)(F)F)CC1. The molecule has 0 bridgehead atoms. The number of piperazine rings is 1. The van der Waals surface area contributed by atoms with Gasteiger partial charge in [0.1, 0.15) is 17.3 Å². The monoisotopic (exact) mass is 605 g/mol. The molecule has 3 aliphatic rings. The number of likely N-dealkylation sites (N-methyl/N-ethyl adjacent to an activating group) is 1. The Balaban J connectivity index is 1.25. The molecule has 1 aromatic carbocycles. The van der Waals surface area contributed by atoms with Gasteiger partial charge in [0, 0.05) is 75.5 Å². The second-order valence-corrected chi connectivity index (χ2v) is 11.1. The van der Waals surface area contributed by atoms with Crippen LogP contribution in [0, 0.1) is 6.92 Å². The number of amidine groups is 1.